The Morgan fingerprint density at radius 3 is 2.53 bits per heavy atom. The molecule has 0 radical (unpaired) electrons. The number of benzene rings is 1. The van der Waals surface area contributed by atoms with Crippen molar-refractivity contribution in [2.75, 3.05) is 0 Å². The Bertz CT molecular complexity index is 1130. The van der Waals surface area contributed by atoms with E-state index in [1.54, 1.807) is 24.5 Å². The Labute approximate surface area is 190 Å². The number of carbonyl (C=O) groups excluding carboxylic acids is 1. The molecule has 0 aliphatic heterocycles. The second-order valence-electron chi connectivity index (χ2n) is 8.05. The average Bonchev–Trinajstić information content (AvgIpc) is 3.24. The Balaban J connectivity index is 1.67. The van der Waals surface area contributed by atoms with Gasteiger partial charge in [-0.05, 0) is 49.1 Å². The zero-order valence-electron chi connectivity index (χ0n) is 18.9. The third-order valence-corrected chi connectivity index (χ3v) is 7.78. The normalized spacial score (nSPS) is 13.1. The van der Waals surface area contributed by atoms with Crippen LogP contribution in [0.1, 0.15) is 74.9 Å². The maximum absolute atomic E-state index is 13.4. The third kappa shape index (κ3) is 5.99. The summed E-state index contributed by atoms with van der Waals surface area (Å²) in [5, 5.41) is 10.1. The summed E-state index contributed by atoms with van der Waals surface area (Å²) in [5.74, 6) is -0.0463. The number of nitrogens with two attached hydrogens (primary N) is 1. The van der Waals surface area contributed by atoms with Gasteiger partial charge in [0.1, 0.15) is 0 Å². The van der Waals surface area contributed by atoms with E-state index in [4.69, 9.17) is 9.56 Å². The molecule has 0 bridgehead atoms. The van der Waals surface area contributed by atoms with Crippen LogP contribution in [-0.2, 0) is 16.3 Å². The van der Waals surface area contributed by atoms with Gasteiger partial charge in [-0.25, -0.2) is 4.21 Å². The van der Waals surface area contributed by atoms with Crippen molar-refractivity contribution in [3.8, 4) is 0 Å². The molecule has 7 heteroatoms. The lowest BCUT2D eigenvalue weighted by molar-refractivity contribution is 0.0925. The van der Waals surface area contributed by atoms with Crippen molar-refractivity contribution in [3.05, 3.63) is 60.1 Å². The fraction of sp³-hybridized carbons (Fsp3) is 0.400. The fourth-order valence-corrected chi connectivity index (χ4v) is 5.53. The van der Waals surface area contributed by atoms with E-state index in [1.165, 1.54) is 12.8 Å². The fourth-order valence-electron chi connectivity index (χ4n) is 3.70. The molecule has 2 aromatic heterocycles. The van der Waals surface area contributed by atoms with Gasteiger partial charge in [0.05, 0.1) is 15.9 Å². The highest BCUT2D eigenvalue weighted by atomic mass is 32.2. The summed E-state index contributed by atoms with van der Waals surface area (Å²) in [6.07, 6.45) is 10.3. The summed E-state index contributed by atoms with van der Waals surface area (Å²) in [6, 6.07) is 10.9. The van der Waals surface area contributed by atoms with Crippen molar-refractivity contribution in [2.24, 2.45) is 5.14 Å². The van der Waals surface area contributed by atoms with Crippen LogP contribution in [0.5, 0.6) is 0 Å². The summed E-state index contributed by atoms with van der Waals surface area (Å²) in [6.45, 7) is 4.61. The monoisotopic (exact) mass is 455 g/mol. The number of fused-ring (bicyclic) bond motifs is 1. The first-order chi connectivity index (χ1) is 15.5. The molecule has 6 nitrogen and oxygen atoms in total. The van der Waals surface area contributed by atoms with E-state index in [-0.39, 0.29) is 11.7 Å². The van der Waals surface area contributed by atoms with Crippen LogP contribution in [0, 0.1) is 0 Å². The predicted molar refractivity (Wildman–Crippen MR) is 131 cm³/mol. The molecule has 1 aromatic carbocycles. The van der Waals surface area contributed by atoms with Crippen LogP contribution in [0.2, 0.25) is 0 Å². The van der Waals surface area contributed by atoms with Gasteiger partial charge in [-0.2, -0.15) is 0 Å². The molecule has 172 valence electrons. The maximum Gasteiger partial charge on any atom is 0.287 e. The molecular formula is C25H33N3O3S. The number of carbonyl (C=O) groups is 1. The quantitative estimate of drug-likeness (QED) is 0.306. The maximum atomic E-state index is 13.4. The van der Waals surface area contributed by atoms with Gasteiger partial charge < -0.3 is 9.73 Å². The summed E-state index contributed by atoms with van der Waals surface area (Å²) in [4.78, 5) is 18.0. The highest BCUT2D eigenvalue weighted by Crippen LogP contribution is 2.19. The molecule has 2 heterocycles. The molecule has 3 rings (SSSR count). The molecule has 0 saturated carbocycles. The summed E-state index contributed by atoms with van der Waals surface area (Å²) in [7, 11) is -2.70. The van der Waals surface area contributed by atoms with Gasteiger partial charge in [0.2, 0.25) is 0 Å². The summed E-state index contributed by atoms with van der Waals surface area (Å²) < 4.78 is 19.0. The van der Waals surface area contributed by atoms with Gasteiger partial charge in [-0.15, -0.1) is 0 Å². The van der Waals surface area contributed by atoms with Crippen molar-refractivity contribution >= 4 is 31.4 Å². The standard InChI is InChI=1S/C25H33N3O3S/c1-3-5-6-7-9-21(8-4-2)32(26,30)22-12-10-19(11-13-22)17-28-25(29)23-16-20-14-15-27-18-24(20)31-23/h10-16,18H,3-9,17H2,1-2H3,(H2,26,30)(H,28,29). The number of pyridine rings is 1. The van der Waals surface area contributed by atoms with Crippen LogP contribution in [0.4, 0.5) is 0 Å². The Kier molecular flexibility index (Phi) is 8.47. The van der Waals surface area contributed by atoms with Crippen LogP contribution in [0.15, 0.2) is 58.1 Å². The Morgan fingerprint density at radius 2 is 1.84 bits per heavy atom. The van der Waals surface area contributed by atoms with E-state index in [2.05, 4.69) is 24.1 Å². The van der Waals surface area contributed by atoms with Crippen molar-refractivity contribution in [3.63, 3.8) is 0 Å². The van der Waals surface area contributed by atoms with Gasteiger partial charge in [0, 0.05) is 27.9 Å². The number of nitrogens with one attached hydrogen (secondary N) is 1. The highest BCUT2D eigenvalue weighted by molar-refractivity contribution is 8.00. The van der Waals surface area contributed by atoms with Gasteiger partial charge in [0.15, 0.2) is 11.3 Å². The average molecular weight is 456 g/mol. The Morgan fingerprint density at radius 1 is 1.06 bits per heavy atom. The lowest BCUT2D eigenvalue weighted by Crippen LogP contribution is -2.24. The van der Waals surface area contributed by atoms with Gasteiger partial charge in [0.25, 0.3) is 5.91 Å². The number of unbranched alkanes of at least 4 members (excludes halogenated alkanes) is 3. The van der Waals surface area contributed by atoms with Crippen LogP contribution >= 0.6 is 0 Å². The van der Waals surface area contributed by atoms with Crippen LogP contribution in [-0.4, -0.2) is 20.0 Å². The predicted octanol–water partition coefficient (Wildman–Crippen LogP) is 5.22. The SMILES string of the molecule is CCCCCCC(CCC)=S(N)(=O)c1ccc(CNC(=O)c2cc3ccncc3o2)cc1. The van der Waals surface area contributed by atoms with Crippen molar-refractivity contribution in [1.82, 2.24) is 10.3 Å². The first kappa shape index (κ1) is 24.0. The minimum absolute atomic E-state index is 0.247. The molecule has 0 aliphatic carbocycles. The number of furan rings is 1. The highest BCUT2D eigenvalue weighted by Gasteiger charge is 2.14. The minimum Gasteiger partial charge on any atom is -0.449 e. The van der Waals surface area contributed by atoms with Gasteiger partial charge in [-0.3, -0.25) is 14.9 Å². The molecule has 0 spiro atoms. The summed E-state index contributed by atoms with van der Waals surface area (Å²) in [5.41, 5.74) is 1.48. The molecule has 0 aliphatic rings. The van der Waals surface area contributed by atoms with E-state index in [0.29, 0.717) is 17.0 Å². The largest absolute Gasteiger partial charge is 0.449 e. The van der Waals surface area contributed by atoms with Gasteiger partial charge >= 0.3 is 0 Å². The molecular weight excluding hydrogens is 422 g/mol. The lowest BCUT2D eigenvalue weighted by Gasteiger charge is -2.15. The van der Waals surface area contributed by atoms with Crippen LogP contribution in [0.25, 0.3) is 11.0 Å². The zero-order valence-corrected chi connectivity index (χ0v) is 19.7. The first-order valence-corrected chi connectivity index (χ1v) is 12.9. The van der Waals surface area contributed by atoms with Gasteiger partial charge in [-0.1, -0.05) is 51.7 Å². The second-order valence-corrected chi connectivity index (χ2v) is 10.3. The minimum atomic E-state index is -2.70. The van der Waals surface area contributed by atoms with E-state index >= 15 is 0 Å². The third-order valence-electron chi connectivity index (χ3n) is 5.54. The molecule has 1 amide bonds. The molecule has 3 N–H and O–H groups in total. The van der Waals surface area contributed by atoms with E-state index < -0.39 is 9.71 Å². The zero-order chi connectivity index (χ0) is 23.0. The van der Waals surface area contributed by atoms with E-state index in [0.717, 1.165) is 47.9 Å². The second kappa shape index (κ2) is 11.3. The van der Waals surface area contributed by atoms with Crippen molar-refractivity contribution in [1.29, 1.82) is 0 Å². The number of aromatic nitrogens is 1. The first-order valence-electron chi connectivity index (χ1n) is 11.3. The number of nitrogens with zero attached hydrogens (tertiary/aromatic N) is 1. The molecule has 3 aromatic rings. The Hall–Kier alpha value is -2.64. The number of hydrogen-bond donors (Lipinski definition) is 2. The molecule has 0 saturated heterocycles. The lowest BCUT2D eigenvalue weighted by atomic mass is 10.1. The van der Waals surface area contributed by atoms with E-state index in [1.807, 2.05) is 24.3 Å². The van der Waals surface area contributed by atoms with Crippen LogP contribution in [0.3, 0.4) is 0 Å². The van der Waals surface area contributed by atoms with Crippen LogP contribution < -0.4 is 10.5 Å². The molecule has 32 heavy (non-hydrogen) atoms. The molecule has 1 unspecified atom stereocenters. The number of rotatable bonds is 11. The molecule has 1 atom stereocenters. The number of amides is 1. The smallest absolute Gasteiger partial charge is 0.287 e. The molecule has 0 fully saturated rings. The topological polar surface area (TPSA) is 98.2 Å². The van der Waals surface area contributed by atoms with Crippen molar-refractivity contribution in [2.45, 2.75) is 70.2 Å². The van der Waals surface area contributed by atoms with Crippen molar-refractivity contribution < 1.29 is 13.4 Å². The van der Waals surface area contributed by atoms with E-state index in [9.17, 15) is 9.00 Å². The summed E-state index contributed by atoms with van der Waals surface area (Å²) >= 11 is 0. The number of hydrogen-bond acceptors (Lipinski definition) is 4.